The summed E-state index contributed by atoms with van der Waals surface area (Å²) < 4.78 is 12.5. The molecule has 2 aromatic rings. The van der Waals surface area contributed by atoms with Gasteiger partial charge in [0.2, 0.25) is 0 Å². The standard InChI is InChI=1S/C23H32N4O3/c28-23-20(17-24-10-4-18-6-13-29-14-7-18)22(26-21-3-1-2-12-27(21)23)25-11-5-19-8-15-30-16-9-19/h1-3,12,17-19,25H,4-11,13-16H2. The van der Waals surface area contributed by atoms with Crippen molar-refractivity contribution >= 4 is 17.7 Å². The fourth-order valence-electron chi connectivity index (χ4n) is 4.23. The molecule has 0 saturated carbocycles. The zero-order chi connectivity index (χ0) is 20.6. The molecule has 0 radical (unpaired) electrons. The Labute approximate surface area is 177 Å². The van der Waals surface area contributed by atoms with Gasteiger partial charge >= 0.3 is 0 Å². The molecule has 0 amide bonds. The minimum Gasteiger partial charge on any atom is -0.381 e. The molecular weight excluding hydrogens is 380 g/mol. The minimum atomic E-state index is -0.0796. The zero-order valence-electron chi connectivity index (χ0n) is 17.6. The Kier molecular flexibility index (Phi) is 7.48. The lowest BCUT2D eigenvalue weighted by molar-refractivity contribution is 0.0646. The number of aromatic nitrogens is 2. The van der Waals surface area contributed by atoms with Gasteiger partial charge in [0.25, 0.3) is 5.56 Å². The molecular formula is C23H32N4O3. The summed E-state index contributed by atoms with van der Waals surface area (Å²) >= 11 is 0. The normalized spacial score (nSPS) is 18.9. The van der Waals surface area contributed by atoms with Gasteiger partial charge in [0.1, 0.15) is 17.0 Å². The molecule has 0 unspecified atom stereocenters. The van der Waals surface area contributed by atoms with Gasteiger partial charge < -0.3 is 14.8 Å². The Morgan fingerprint density at radius 3 is 2.50 bits per heavy atom. The highest BCUT2D eigenvalue weighted by Crippen LogP contribution is 2.20. The molecule has 30 heavy (non-hydrogen) atoms. The Balaban J connectivity index is 1.45. The number of hydrogen-bond donors (Lipinski definition) is 1. The Bertz CT molecular complexity index is 899. The molecule has 2 aliphatic rings. The highest BCUT2D eigenvalue weighted by Gasteiger charge is 2.16. The van der Waals surface area contributed by atoms with Crippen molar-refractivity contribution in [3.05, 3.63) is 40.3 Å². The van der Waals surface area contributed by atoms with Crippen LogP contribution in [0.4, 0.5) is 5.82 Å². The highest BCUT2D eigenvalue weighted by atomic mass is 16.5. The van der Waals surface area contributed by atoms with Crippen molar-refractivity contribution in [3.8, 4) is 0 Å². The van der Waals surface area contributed by atoms with Gasteiger partial charge in [0.05, 0.1) is 0 Å². The van der Waals surface area contributed by atoms with E-state index in [1.165, 1.54) is 0 Å². The maximum absolute atomic E-state index is 13.1. The van der Waals surface area contributed by atoms with Gasteiger partial charge in [-0.1, -0.05) is 6.07 Å². The van der Waals surface area contributed by atoms with Crippen molar-refractivity contribution in [2.45, 2.75) is 38.5 Å². The van der Waals surface area contributed by atoms with Gasteiger partial charge in [-0.25, -0.2) is 4.98 Å². The van der Waals surface area contributed by atoms with E-state index < -0.39 is 0 Å². The van der Waals surface area contributed by atoms with Crippen LogP contribution in [0.15, 0.2) is 34.2 Å². The van der Waals surface area contributed by atoms with Crippen LogP contribution in [0.25, 0.3) is 5.65 Å². The number of nitrogens with one attached hydrogen (secondary N) is 1. The van der Waals surface area contributed by atoms with Crippen LogP contribution in [0.3, 0.4) is 0 Å². The van der Waals surface area contributed by atoms with E-state index in [2.05, 4.69) is 10.3 Å². The van der Waals surface area contributed by atoms with Crippen LogP contribution in [0.5, 0.6) is 0 Å². The number of anilines is 1. The Hall–Kier alpha value is -2.25. The largest absolute Gasteiger partial charge is 0.381 e. The van der Waals surface area contributed by atoms with Crippen LogP contribution < -0.4 is 10.9 Å². The molecule has 162 valence electrons. The third-order valence-corrected chi connectivity index (χ3v) is 6.18. The second kappa shape index (κ2) is 10.7. The fourth-order valence-corrected chi connectivity index (χ4v) is 4.23. The third kappa shape index (κ3) is 5.46. The van der Waals surface area contributed by atoms with Crippen molar-refractivity contribution < 1.29 is 9.47 Å². The van der Waals surface area contributed by atoms with Gasteiger partial charge in [-0.2, -0.15) is 0 Å². The van der Waals surface area contributed by atoms with Gasteiger partial charge in [-0.3, -0.25) is 14.2 Å². The van der Waals surface area contributed by atoms with Gasteiger partial charge in [-0.15, -0.1) is 0 Å². The maximum Gasteiger partial charge on any atom is 0.268 e. The number of pyridine rings is 1. The Morgan fingerprint density at radius 1 is 1.07 bits per heavy atom. The lowest BCUT2D eigenvalue weighted by Gasteiger charge is -2.22. The van der Waals surface area contributed by atoms with Gasteiger partial charge in [-0.05, 0) is 62.5 Å². The van der Waals surface area contributed by atoms with Crippen molar-refractivity contribution in [2.75, 3.05) is 44.8 Å². The zero-order valence-corrected chi connectivity index (χ0v) is 17.6. The SMILES string of the molecule is O=c1c(C=NCCC2CCOCC2)c(NCCC2CCOCC2)nc2ccccn12. The summed E-state index contributed by atoms with van der Waals surface area (Å²) in [6.07, 6.45) is 9.99. The molecule has 2 aliphatic heterocycles. The number of fused-ring (bicyclic) bond motifs is 1. The number of aliphatic imine (C=N–C) groups is 1. The molecule has 7 nitrogen and oxygen atoms in total. The molecule has 2 fully saturated rings. The first-order valence-corrected chi connectivity index (χ1v) is 11.2. The third-order valence-electron chi connectivity index (χ3n) is 6.18. The van der Waals surface area contributed by atoms with Crippen molar-refractivity contribution in [3.63, 3.8) is 0 Å². The van der Waals surface area contributed by atoms with Crippen molar-refractivity contribution in [1.29, 1.82) is 0 Å². The van der Waals surface area contributed by atoms with Crippen LogP contribution >= 0.6 is 0 Å². The second-order valence-electron chi connectivity index (χ2n) is 8.26. The van der Waals surface area contributed by atoms with Gasteiger partial charge in [0, 0.05) is 51.9 Å². The lowest BCUT2D eigenvalue weighted by Crippen LogP contribution is -2.24. The first-order valence-electron chi connectivity index (χ1n) is 11.2. The molecule has 0 spiro atoms. The lowest BCUT2D eigenvalue weighted by atomic mass is 9.97. The number of nitrogens with zero attached hydrogens (tertiary/aromatic N) is 3. The second-order valence-corrected chi connectivity index (χ2v) is 8.26. The summed E-state index contributed by atoms with van der Waals surface area (Å²) in [4.78, 5) is 22.4. The van der Waals surface area contributed by atoms with Crippen LogP contribution in [0.1, 0.15) is 44.1 Å². The molecule has 2 saturated heterocycles. The predicted molar refractivity (Wildman–Crippen MR) is 119 cm³/mol. The number of ether oxygens (including phenoxy) is 2. The van der Waals surface area contributed by atoms with E-state index in [4.69, 9.17) is 14.5 Å². The summed E-state index contributed by atoms with van der Waals surface area (Å²) in [5.74, 6) is 1.97. The molecule has 0 aromatic carbocycles. The van der Waals surface area contributed by atoms with Crippen molar-refractivity contribution in [2.24, 2.45) is 16.8 Å². The summed E-state index contributed by atoms with van der Waals surface area (Å²) in [5.41, 5.74) is 1.11. The molecule has 0 atom stereocenters. The number of rotatable bonds is 8. The van der Waals surface area contributed by atoms with Crippen LogP contribution in [0, 0.1) is 11.8 Å². The topological polar surface area (TPSA) is 77.2 Å². The molecule has 2 aromatic heterocycles. The summed E-state index contributed by atoms with van der Waals surface area (Å²) in [5, 5.41) is 3.41. The molecule has 0 bridgehead atoms. The summed E-state index contributed by atoms with van der Waals surface area (Å²) in [6, 6.07) is 5.60. The van der Waals surface area contributed by atoms with E-state index >= 15 is 0 Å². The van der Waals surface area contributed by atoms with E-state index in [1.807, 2.05) is 18.2 Å². The first-order chi connectivity index (χ1) is 14.8. The fraction of sp³-hybridized carbons (Fsp3) is 0.609. The van der Waals surface area contributed by atoms with Crippen LogP contribution in [0.2, 0.25) is 0 Å². The first kappa shape index (κ1) is 21.0. The maximum atomic E-state index is 13.1. The average molecular weight is 413 g/mol. The highest BCUT2D eigenvalue weighted by molar-refractivity contribution is 5.86. The number of hydrogen-bond acceptors (Lipinski definition) is 6. The van der Waals surface area contributed by atoms with E-state index in [0.29, 0.717) is 28.9 Å². The molecule has 4 heterocycles. The molecule has 0 aliphatic carbocycles. The Morgan fingerprint density at radius 2 is 1.77 bits per heavy atom. The van der Waals surface area contributed by atoms with Crippen LogP contribution in [-0.4, -0.2) is 55.1 Å². The van der Waals surface area contributed by atoms with E-state index in [1.54, 1.807) is 16.8 Å². The van der Waals surface area contributed by atoms with Crippen LogP contribution in [-0.2, 0) is 9.47 Å². The predicted octanol–water partition coefficient (Wildman–Crippen LogP) is 3.16. The quantitative estimate of drug-likeness (QED) is 0.674. The van der Waals surface area contributed by atoms with Gasteiger partial charge in [0.15, 0.2) is 0 Å². The van der Waals surface area contributed by atoms with E-state index in [0.717, 1.165) is 78.0 Å². The average Bonchev–Trinajstić information content (AvgIpc) is 2.80. The summed E-state index contributed by atoms with van der Waals surface area (Å²) in [6.45, 7) is 4.93. The molecule has 7 heteroatoms. The minimum absolute atomic E-state index is 0.0796. The summed E-state index contributed by atoms with van der Waals surface area (Å²) in [7, 11) is 0. The van der Waals surface area contributed by atoms with Crippen molar-refractivity contribution in [1.82, 2.24) is 9.38 Å². The van der Waals surface area contributed by atoms with E-state index in [-0.39, 0.29) is 5.56 Å². The van der Waals surface area contributed by atoms with E-state index in [9.17, 15) is 4.79 Å². The monoisotopic (exact) mass is 412 g/mol. The molecule has 4 rings (SSSR count). The molecule has 1 N–H and O–H groups in total. The smallest absolute Gasteiger partial charge is 0.268 e.